The van der Waals surface area contributed by atoms with E-state index in [1.54, 1.807) is 63.2 Å². The molecule has 0 aliphatic rings. The summed E-state index contributed by atoms with van der Waals surface area (Å²) >= 11 is 0. The summed E-state index contributed by atoms with van der Waals surface area (Å²) in [5.74, 6) is -1.32. The van der Waals surface area contributed by atoms with Gasteiger partial charge in [0.05, 0.1) is 17.7 Å². The second-order valence-corrected chi connectivity index (χ2v) is 10.9. The first kappa shape index (κ1) is 28.6. The number of ether oxygens (including phenoxy) is 1. The fourth-order valence-corrected chi connectivity index (χ4v) is 5.29. The minimum absolute atomic E-state index is 0.000782. The standard InChI is InChI=1S/C28H32FN3O5S/c1-20(2)30-28(34)21(3)31(18-22-11-10-12-23(17-22)37-4)27(33)19-32(26-16-9-8-15-25(26)29)38(35,36)24-13-6-5-7-14-24/h5-17,20-21H,18-19H2,1-4H3,(H,30,34). The van der Waals surface area contributed by atoms with Crippen LogP contribution in [-0.2, 0) is 26.2 Å². The second kappa shape index (κ2) is 12.6. The molecule has 0 heterocycles. The number of methoxy groups -OCH3 is 1. The van der Waals surface area contributed by atoms with E-state index in [0.717, 1.165) is 10.4 Å². The summed E-state index contributed by atoms with van der Waals surface area (Å²) in [6.45, 7) is 4.44. The summed E-state index contributed by atoms with van der Waals surface area (Å²) in [7, 11) is -2.81. The van der Waals surface area contributed by atoms with Crippen molar-refractivity contribution in [2.45, 2.75) is 44.3 Å². The van der Waals surface area contributed by atoms with Crippen LogP contribution in [0.25, 0.3) is 0 Å². The lowest BCUT2D eigenvalue weighted by molar-refractivity contribution is -0.139. The smallest absolute Gasteiger partial charge is 0.264 e. The molecule has 0 aliphatic heterocycles. The number of benzene rings is 3. The molecule has 8 nitrogen and oxygen atoms in total. The summed E-state index contributed by atoms with van der Waals surface area (Å²) < 4.78 is 48.2. The minimum atomic E-state index is -4.33. The largest absolute Gasteiger partial charge is 0.497 e. The van der Waals surface area contributed by atoms with Crippen LogP contribution < -0.4 is 14.4 Å². The lowest BCUT2D eigenvalue weighted by Gasteiger charge is -2.32. The number of anilines is 1. The Bertz CT molecular complexity index is 1370. The number of para-hydroxylation sites is 1. The molecule has 0 aromatic heterocycles. The van der Waals surface area contributed by atoms with E-state index in [-0.39, 0.29) is 23.2 Å². The summed E-state index contributed by atoms with van der Waals surface area (Å²) in [6, 6.07) is 18.7. The number of carbonyl (C=O) groups is 2. The van der Waals surface area contributed by atoms with E-state index in [9.17, 15) is 22.4 Å². The highest BCUT2D eigenvalue weighted by molar-refractivity contribution is 7.92. The van der Waals surface area contributed by atoms with E-state index < -0.39 is 40.2 Å². The predicted molar refractivity (Wildman–Crippen MR) is 144 cm³/mol. The summed E-state index contributed by atoms with van der Waals surface area (Å²) in [6.07, 6.45) is 0. The first-order chi connectivity index (χ1) is 18.0. The van der Waals surface area contributed by atoms with E-state index in [0.29, 0.717) is 11.3 Å². The van der Waals surface area contributed by atoms with Gasteiger partial charge in [-0.2, -0.15) is 0 Å². The quantitative estimate of drug-likeness (QED) is 0.396. The molecule has 3 aromatic carbocycles. The minimum Gasteiger partial charge on any atom is -0.497 e. The van der Waals surface area contributed by atoms with Gasteiger partial charge in [-0.3, -0.25) is 13.9 Å². The number of hydrogen-bond donors (Lipinski definition) is 1. The van der Waals surface area contributed by atoms with Crippen LogP contribution in [0.1, 0.15) is 26.3 Å². The van der Waals surface area contributed by atoms with Gasteiger partial charge in [0.15, 0.2) is 0 Å². The first-order valence-electron chi connectivity index (χ1n) is 12.1. The average Bonchev–Trinajstić information content (AvgIpc) is 2.90. The highest BCUT2D eigenvalue weighted by atomic mass is 32.2. The number of carbonyl (C=O) groups excluding carboxylic acids is 2. The molecule has 10 heteroatoms. The van der Waals surface area contributed by atoms with E-state index in [4.69, 9.17) is 4.74 Å². The third-order valence-corrected chi connectivity index (χ3v) is 7.59. The molecular weight excluding hydrogens is 509 g/mol. The Morgan fingerprint density at radius 1 is 0.947 bits per heavy atom. The Balaban J connectivity index is 2.04. The van der Waals surface area contributed by atoms with Crippen molar-refractivity contribution in [2.24, 2.45) is 0 Å². The van der Waals surface area contributed by atoms with Gasteiger partial charge in [0.2, 0.25) is 11.8 Å². The van der Waals surface area contributed by atoms with Crippen LogP contribution in [0, 0.1) is 5.82 Å². The van der Waals surface area contributed by atoms with Gasteiger partial charge in [-0.05, 0) is 62.7 Å². The fraction of sp³-hybridized carbons (Fsp3) is 0.286. The number of nitrogens with zero attached hydrogens (tertiary/aromatic N) is 2. The van der Waals surface area contributed by atoms with Gasteiger partial charge < -0.3 is 15.0 Å². The number of sulfonamides is 1. The third kappa shape index (κ3) is 6.89. The number of halogens is 1. The van der Waals surface area contributed by atoms with E-state index in [1.807, 2.05) is 0 Å². The third-order valence-electron chi connectivity index (χ3n) is 5.82. The molecule has 0 fully saturated rings. The molecule has 3 rings (SSSR count). The van der Waals surface area contributed by atoms with Crippen molar-refractivity contribution in [1.82, 2.24) is 10.2 Å². The Morgan fingerprint density at radius 3 is 2.24 bits per heavy atom. The number of rotatable bonds is 11. The molecule has 3 aromatic rings. The Morgan fingerprint density at radius 2 is 1.61 bits per heavy atom. The maximum atomic E-state index is 14.9. The van der Waals surface area contributed by atoms with Crippen LogP contribution in [0.4, 0.5) is 10.1 Å². The lowest BCUT2D eigenvalue weighted by Crippen LogP contribution is -2.52. The fourth-order valence-electron chi connectivity index (χ4n) is 3.84. The van der Waals surface area contributed by atoms with Crippen molar-refractivity contribution in [3.05, 3.63) is 90.2 Å². The van der Waals surface area contributed by atoms with Crippen molar-refractivity contribution in [2.75, 3.05) is 18.0 Å². The summed E-state index contributed by atoms with van der Waals surface area (Å²) in [5.41, 5.74) is 0.399. The second-order valence-electron chi connectivity index (χ2n) is 8.99. The molecular formula is C28H32FN3O5S. The highest BCUT2D eigenvalue weighted by Crippen LogP contribution is 2.27. The van der Waals surface area contributed by atoms with Crippen LogP contribution in [0.5, 0.6) is 5.75 Å². The van der Waals surface area contributed by atoms with E-state index in [1.165, 1.54) is 42.3 Å². The van der Waals surface area contributed by atoms with Crippen LogP contribution in [-0.4, -0.2) is 50.9 Å². The Hall–Kier alpha value is -3.92. The molecule has 0 radical (unpaired) electrons. The number of hydrogen-bond acceptors (Lipinski definition) is 5. The van der Waals surface area contributed by atoms with Crippen molar-refractivity contribution in [3.63, 3.8) is 0 Å². The molecule has 0 aliphatic carbocycles. The molecule has 2 amide bonds. The number of amides is 2. The SMILES string of the molecule is COc1cccc(CN(C(=O)CN(c2ccccc2F)S(=O)(=O)c2ccccc2)C(C)C(=O)NC(C)C)c1. The molecule has 0 saturated heterocycles. The lowest BCUT2D eigenvalue weighted by atomic mass is 10.1. The van der Waals surface area contributed by atoms with Gasteiger partial charge in [0.1, 0.15) is 24.2 Å². The molecule has 0 saturated carbocycles. The summed E-state index contributed by atoms with van der Waals surface area (Å²) in [4.78, 5) is 27.9. The zero-order chi connectivity index (χ0) is 27.9. The zero-order valence-corrected chi connectivity index (χ0v) is 22.6. The monoisotopic (exact) mass is 541 g/mol. The Labute approximate surface area is 223 Å². The average molecular weight is 542 g/mol. The van der Waals surface area contributed by atoms with Gasteiger partial charge >= 0.3 is 0 Å². The van der Waals surface area contributed by atoms with Gasteiger partial charge in [-0.15, -0.1) is 0 Å². The van der Waals surface area contributed by atoms with Gasteiger partial charge in [-0.1, -0.05) is 42.5 Å². The molecule has 202 valence electrons. The van der Waals surface area contributed by atoms with Crippen LogP contribution >= 0.6 is 0 Å². The topological polar surface area (TPSA) is 96.0 Å². The normalized spacial score (nSPS) is 12.1. The predicted octanol–water partition coefficient (Wildman–Crippen LogP) is 3.97. The molecule has 0 spiro atoms. The maximum absolute atomic E-state index is 14.9. The van der Waals surface area contributed by atoms with Crippen molar-refractivity contribution in [1.29, 1.82) is 0 Å². The van der Waals surface area contributed by atoms with Gasteiger partial charge in [0, 0.05) is 12.6 Å². The molecule has 1 unspecified atom stereocenters. The summed E-state index contributed by atoms with van der Waals surface area (Å²) in [5, 5.41) is 2.79. The molecule has 1 N–H and O–H groups in total. The molecule has 0 bridgehead atoms. The van der Waals surface area contributed by atoms with E-state index >= 15 is 0 Å². The number of nitrogens with one attached hydrogen (secondary N) is 1. The van der Waals surface area contributed by atoms with Crippen molar-refractivity contribution in [3.8, 4) is 5.75 Å². The zero-order valence-electron chi connectivity index (χ0n) is 21.8. The first-order valence-corrected chi connectivity index (χ1v) is 13.5. The highest BCUT2D eigenvalue weighted by Gasteiger charge is 2.33. The van der Waals surface area contributed by atoms with Gasteiger partial charge in [-0.25, -0.2) is 12.8 Å². The molecule has 1 atom stereocenters. The van der Waals surface area contributed by atoms with Crippen LogP contribution in [0.15, 0.2) is 83.8 Å². The van der Waals surface area contributed by atoms with E-state index in [2.05, 4.69) is 5.32 Å². The van der Waals surface area contributed by atoms with Crippen molar-refractivity contribution >= 4 is 27.5 Å². The van der Waals surface area contributed by atoms with Gasteiger partial charge in [0.25, 0.3) is 10.0 Å². The van der Waals surface area contributed by atoms with Crippen molar-refractivity contribution < 1.29 is 27.1 Å². The maximum Gasteiger partial charge on any atom is 0.264 e. The van der Waals surface area contributed by atoms with Crippen LogP contribution in [0.3, 0.4) is 0 Å². The van der Waals surface area contributed by atoms with Crippen LogP contribution in [0.2, 0.25) is 0 Å². The Kier molecular flexibility index (Phi) is 9.46. The molecule has 38 heavy (non-hydrogen) atoms.